The van der Waals surface area contributed by atoms with E-state index in [1.165, 1.54) is 0 Å². The molecule has 0 aliphatic rings. The molecule has 0 amide bonds. The van der Waals surface area contributed by atoms with Crippen molar-refractivity contribution in [3.8, 4) is 5.75 Å². The molecule has 0 saturated carbocycles. The number of aryl methyl sites for hydroxylation is 1. The number of para-hydroxylation sites is 1. The van der Waals surface area contributed by atoms with E-state index in [9.17, 15) is 5.11 Å². The van der Waals surface area contributed by atoms with Gasteiger partial charge in [0, 0.05) is 19.6 Å². The maximum absolute atomic E-state index is 9.79. The van der Waals surface area contributed by atoms with Crippen LogP contribution in [-0.4, -0.2) is 49.4 Å². The molecule has 4 heteroatoms. The average molecular weight is 238 g/mol. The van der Waals surface area contributed by atoms with Crippen LogP contribution in [0.15, 0.2) is 24.3 Å². The lowest BCUT2D eigenvalue weighted by atomic mass is 10.2. The summed E-state index contributed by atoms with van der Waals surface area (Å²) in [4.78, 5) is 1.99. The Morgan fingerprint density at radius 2 is 2.12 bits per heavy atom. The van der Waals surface area contributed by atoms with E-state index in [0.29, 0.717) is 19.7 Å². The molecule has 0 aromatic heterocycles. The second-order valence-electron chi connectivity index (χ2n) is 4.28. The predicted octanol–water partition coefficient (Wildman–Crippen LogP) is 0.625. The lowest BCUT2D eigenvalue weighted by molar-refractivity contribution is 0.0770. The Balaban J connectivity index is 2.33. The highest BCUT2D eigenvalue weighted by Gasteiger charge is 2.09. The van der Waals surface area contributed by atoms with Crippen LogP contribution >= 0.6 is 0 Å². The van der Waals surface area contributed by atoms with E-state index in [1.807, 2.05) is 43.1 Å². The molecule has 0 radical (unpaired) electrons. The van der Waals surface area contributed by atoms with Crippen LogP contribution < -0.4 is 10.5 Å². The van der Waals surface area contributed by atoms with Crippen LogP contribution in [0.2, 0.25) is 0 Å². The smallest absolute Gasteiger partial charge is 0.122 e. The average Bonchev–Trinajstić information content (AvgIpc) is 2.28. The summed E-state index contributed by atoms with van der Waals surface area (Å²) in [5, 5.41) is 9.79. The number of aliphatic hydroxyl groups is 1. The van der Waals surface area contributed by atoms with Gasteiger partial charge >= 0.3 is 0 Å². The van der Waals surface area contributed by atoms with E-state index < -0.39 is 6.10 Å². The highest BCUT2D eigenvalue weighted by molar-refractivity contribution is 5.31. The maximum atomic E-state index is 9.79. The lowest BCUT2D eigenvalue weighted by Gasteiger charge is -2.20. The lowest BCUT2D eigenvalue weighted by Crippen LogP contribution is -2.35. The standard InChI is InChI=1S/C13H22N2O2/c1-11-5-3-4-6-13(11)17-10-12(16)9-15(2)8-7-14/h3-6,12,16H,7-10,14H2,1-2H3. The van der Waals surface area contributed by atoms with Crippen LogP contribution in [0.25, 0.3) is 0 Å². The molecule has 0 bridgehead atoms. The van der Waals surface area contributed by atoms with Crippen molar-refractivity contribution < 1.29 is 9.84 Å². The van der Waals surface area contributed by atoms with Gasteiger partial charge in [-0.3, -0.25) is 0 Å². The Morgan fingerprint density at radius 1 is 1.41 bits per heavy atom. The molecule has 1 aromatic carbocycles. The van der Waals surface area contributed by atoms with Gasteiger partial charge in [-0.2, -0.15) is 0 Å². The summed E-state index contributed by atoms with van der Waals surface area (Å²) in [6.07, 6.45) is -0.494. The van der Waals surface area contributed by atoms with Crippen molar-refractivity contribution >= 4 is 0 Å². The third kappa shape index (κ3) is 5.17. The molecule has 0 spiro atoms. The monoisotopic (exact) mass is 238 g/mol. The second-order valence-corrected chi connectivity index (χ2v) is 4.28. The quantitative estimate of drug-likeness (QED) is 0.731. The van der Waals surface area contributed by atoms with Gasteiger partial charge < -0.3 is 20.5 Å². The number of hydrogen-bond acceptors (Lipinski definition) is 4. The van der Waals surface area contributed by atoms with Crippen LogP contribution in [0.3, 0.4) is 0 Å². The van der Waals surface area contributed by atoms with Crippen molar-refractivity contribution in [3.05, 3.63) is 29.8 Å². The molecule has 0 saturated heterocycles. The summed E-state index contributed by atoms with van der Waals surface area (Å²) in [6, 6.07) is 7.79. The third-order valence-corrected chi connectivity index (χ3v) is 2.56. The van der Waals surface area contributed by atoms with Crippen LogP contribution in [0.5, 0.6) is 5.75 Å². The minimum absolute atomic E-state index is 0.305. The minimum Gasteiger partial charge on any atom is -0.491 e. The maximum Gasteiger partial charge on any atom is 0.122 e. The van der Waals surface area contributed by atoms with Crippen molar-refractivity contribution in [2.75, 3.05) is 33.3 Å². The zero-order chi connectivity index (χ0) is 12.7. The minimum atomic E-state index is -0.494. The van der Waals surface area contributed by atoms with E-state index in [0.717, 1.165) is 17.9 Å². The zero-order valence-corrected chi connectivity index (χ0v) is 10.6. The van der Waals surface area contributed by atoms with Gasteiger partial charge in [0.15, 0.2) is 0 Å². The second kappa shape index (κ2) is 7.27. The number of aliphatic hydroxyl groups excluding tert-OH is 1. The number of hydrogen-bond donors (Lipinski definition) is 2. The largest absolute Gasteiger partial charge is 0.491 e. The molecule has 4 nitrogen and oxygen atoms in total. The van der Waals surface area contributed by atoms with Crippen LogP contribution in [0.1, 0.15) is 5.56 Å². The molecule has 1 unspecified atom stereocenters. The van der Waals surface area contributed by atoms with Crippen LogP contribution in [0, 0.1) is 6.92 Å². The van der Waals surface area contributed by atoms with Gasteiger partial charge in [-0.15, -0.1) is 0 Å². The molecular weight excluding hydrogens is 216 g/mol. The summed E-state index contributed by atoms with van der Waals surface area (Å²) >= 11 is 0. The van der Waals surface area contributed by atoms with Crippen LogP contribution in [0.4, 0.5) is 0 Å². The summed E-state index contributed by atoms with van der Waals surface area (Å²) in [7, 11) is 1.93. The summed E-state index contributed by atoms with van der Waals surface area (Å²) in [5.41, 5.74) is 6.51. The van der Waals surface area contributed by atoms with Gasteiger partial charge in [0.25, 0.3) is 0 Å². The first-order valence-electron chi connectivity index (χ1n) is 5.88. The fraction of sp³-hybridized carbons (Fsp3) is 0.538. The highest BCUT2D eigenvalue weighted by atomic mass is 16.5. The van der Waals surface area contributed by atoms with Crippen LogP contribution in [-0.2, 0) is 0 Å². The zero-order valence-electron chi connectivity index (χ0n) is 10.6. The normalized spacial score (nSPS) is 12.8. The number of benzene rings is 1. The molecule has 3 N–H and O–H groups in total. The van der Waals surface area contributed by atoms with Crippen molar-refractivity contribution in [1.82, 2.24) is 4.90 Å². The van der Waals surface area contributed by atoms with Gasteiger partial charge in [-0.05, 0) is 25.6 Å². The molecule has 0 aliphatic carbocycles. The summed E-state index contributed by atoms with van der Waals surface area (Å²) in [5.74, 6) is 0.827. The first-order chi connectivity index (χ1) is 8.13. The van der Waals surface area contributed by atoms with E-state index in [2.05, 4.69) is 0 Å². The molecule has 0 fully saturated rings. The Hall–Kier alpha value is -1.10. The molecule has 96 valence electrons. The van der Waals surface area contributed by atoms with Crippen molar-refractivity contribution in [3.63, 3.8) is 0 Å². The van der Waals surface area contributed by atoms with Crippen molar-refractivity contribution in [2.24, 2.45) is 5.73 Å². The fourth-order valence-corrected chi connectivity index (χ4v) is 1.63. The molecular formula is C13H22N2O2. The van der Waals surface area contributed by atoms with Gasteiger partial charge in [-0.1, -0.05) is 18.2 Å². The highest BCUT2D eigenvalue weighted by Crippen LogP contribution is 2.16. The van der Waals surface area contributed by atoms with E-state index >= 15 is 0 Å². The summed E-state index contributed by atoms with van der Waals surface area (Å²) in [6.45, 7) is 4.24. The van der Waals surface area contributed by atoms with Crippen molar-refractivity contribution in [2.45, 2.75) is 13.0 Å². The fourth-order valence-electron chi connectivity index (χ4n) is 1.63. The Bertz CT molecular complexity index is 331. The number of rotatable bonds is 7. The molecule has 0 heterocycles. The topological polar surface area (TPSA) is 58.7 Å². The van der Waals surface area contributed by atoms with E-state index in [-0.39, 0.29) is 0 Å². The van der Waals surface area contributed by atoms with Gasteiger partial charge in [0.05, 0.1) is 0 Å². The Labute approximate surface area is 103 Å². The third-order valence-electron chi connectivity index (χ3n) is 2.56. The predicted molar refractivity (Wildman–Crippen MR) is 69.2 cm³/mol. The summed E-state index contributed by atoms with van der Waals surface area (Å²) < 4.78 is 5.57. The molecule has 1 aromatic rings. The SMILES string of the molecule is Cc1ccccc1OCC(O)CN(C)CCN. The molecule has 1 atom stereocenters. The first-order valence-corrected chi connectivity index (χ1v) is 5.88. The van der Waals surface area contributed by atoms with E-state index in [4.69, 9.17) is 10.5 Å². The number of nitrogens with two attached hydrogens (primary N) is 1. The van der Waals surface area contributed by atoms with Gasteiger partial charge in [0.2, 0.25) is 0 Å². The van der Waals surface area contributed by atoms with Gasteiger partial charge in [-0.25, -0.2) is 0 Å². The van der Waals surface area contributed by atoms with Crippen molar-refractivity contribution in [1.29, 1.82) is 0 Å². The molecule has 17 heavy (non-hydrogen) atoms. The Kier molecular flexibility index (Phi) is 5.97. The molecule has 0 aliphatic heterocycles. The molecule has 1 rings (SSSR count). The number of ether oxygens (including phenoxy) is 1. The number of nitrogens with zero attached hydrogens (tertiary/aromatic N) is 1. The van der Waals surface area contributed by atoms with E-state index in [1.54, 1.807) is 0 Å². The first kappa shape index (κ1) is 14.0. The Morgan fingerprint density at radius 3 is 2.76 bits per heavy atom. The van der Waals surface area contributed by atoms with Gasteiger partial charge in [0.1, 0.15) is 18.5 Å². The number of likely N-dealkylation sites (N-methyl/N-ethyl adjacent to an activating group) is 1.